The molecular formula is C78H57Cl3F3N9O9. The number of hydrogen-bond donors (Lipinski definition) is 3. The second-order valence-electron chi connectivity index (χ2n) is 23.9. The molecule has 9 aromatic heterocycles. The Hall–Kier alpha value is -11.9. The van der Waals surface area contributed by atoms with Crippen molar-refractivity contribution >= 4 is 118 Å². The number of H-pyrrole nitrogens is 2. The van der Waals surface area contributed by atoms with Crippen LogP contribution < -0.4 is 15.9 Å². The van der Waals surface area contributed by atoms with E-state index in [9.17, 15) is 42.3 Å². The summed E-state index contributed by atoms with van der Waals surface area (Å²) in [4.78, 5) is 87.0. The Morgan fingerprint density at radius 1 is 0.461 bits per heavy atom. The van der Waals surface area contributed by atoms with Crippen LogP contribution in [-0.2, 0) is 29.1 Å². The molecule has 0 spiro atoms. The first-order valence-electron chi connectivity index (χ1n) is 31.5. The number of esters is 2. The number of aryl methyl sites for hydroxylation is 3. The van der Waals surface area contributed by atoms with E-state index in [0.29, 0.717) is 99.3 Å². The van der Waals surface area contributed by atoms with Crippen molar-refractivity contribution in [1.82, 2.24) is 43.6 Å². The number of ether oxygens (including phenoxy) is 3. The second kappa shape index (κ2) is 28.4. The van der Waals surface area contributed by atoms with Crippen LogP contribution in [-0.4, -0.2) is 87.9 Å². The molecule has 0 aliphatic heterocycles. The van der Waals surface area contributed by atoms with Crippen LogP contribution in [0.25, 0.3) is 98.8 Å². The summed E-state index contributed by atoms with van der Waals surface area (Å²) >= 11 is 19.5. The Morgan fingerprint density at radius 2 is 0.804 bits per heavy atom. The van der Waals surface area contributed by atoms with Crippen LogP contribution >= 0.6 is 34.8 Å². The molecular weight excluding hydrogens is 1370 g/mol. The molecule has 102 heavy (non-hydrogen) atoms. The van der Waals surface area contributed by atoms with Crippen molar-refractivity contribution in [2.45, 2.75) is 40.4 Å². The van der Waals surface area contributed by atoms with E-state index in [-0.39, 0.29) is 75.1 Å². The molecule has 0 unspecified atom stereocenters. The number of aromatic amines is 2. The topological polar surface area (TPSA) is 231 Å². The second-order valence-corrected chi connectivity index (χ2v) is 24.9. The third kappa shape index (κ3) is 12.8. The molecule has 0 aliphatic carbocycles. The molecule has 0 radical (unpaired) electrons. The van der Waals surface area contributed by atoms with Crippen molar-refractivity contribution in [3.8, 4) is 39.3 Å². The van der Waals surface area contributed by atoms with E-state index in [2.05, 4.69) is 29.9 Å². The van der Waals surface area contributed by atoms with Gasteiger partial charge in [0, 0.05) is 101 Å². The van der Waals surface area contributed by atoms with Crippen molar-refractivity contribution in [3.63, 3.8) is 0 Å². The first kappa shape index (κ1) is 68.6. The van der Waals surface area contributed by atoms with E-state index < -0.39 is 35.1 Å². The fraction of sp³-hybridized carbons (Fsp3) is 0.115. The predicted molar refractivity (Wildman–Crippen MR) is 389 cm³/mol. The van der Waals surface area contributed by atoms with Crippen LogP contribution in [0.3, 0.4) is 0 Å². The number of methoxy groups -OCH3 is 3. The minimum atomic E-state index is -1.24. The molecule has 0 aliphatic rings. The summed E-state index contributed by atoms with van der Waals surface area (Å²) < 4.78 is 64.7. The molecule has 0 saturated heterocycles. The van der Waals surface area contributed by atoms with Crippen molar-refractivity contribution in [1.29, 1.82) is 0 Å². The van der Waals surface area contributed by atoms with Crippen LogP contribution in [0, 0.1) is 38.2 Å². The maximum atomic E-state index is 14.8. The third-order valence-corrected chi connectivity index (χ3v) is 18.6. The van der Waals surface area contributed by atoms with E-state index >= 15 is 0 Å². The number of halogens is 6. The summed E-state index contributed by atoms with van der Waals surface area (Å²) in [6, 6.07) is 47.2. The molecule has 0 saturated carbocycles. The zero-order valence-corrected chi connectivity index (χ0v) is 57.3. The largest absolute Gasteiger partial charge is 0.481 e. The number of para-hydroxylation sites is 3. The first-order valence-corrected chi connectivity index (χ1v) is 32.6. The van der Waals surface area contributed by atoms with Gasteiger partial charge in [-0.2, -0.15) is 0 Å². The summed E-state index contributed by atoms with van der Waals surface area (Å²) in [6.07, 6.45) is 4.58. The highest BCUT2D eigenvalue weighted by Gasteiger charge is 2.32. The molecule has 15 aromatic rings. The van der Waals surface area contributed by atoms with Gasteiger partial charge in [-0.1, -0.05) is 89.4 Å². The Kier molecular flexibility index (Phi) is 19.1. The number of nitrogens with one attached hydrogen (secondary N) is 2. The lowest BCUT2D eigenvalue weighted by Gasteiger charge is -2.13. The number of pyridine rings is 6. The van der Waals surface area contributed by atoms with Crippen LogP contribution in [0.15, 0.2) is 192 Å². The molecule has 510 valence electrons. The Labute approximate surface area is 592 Å². The Balaban J connectivity index is 0.000000137. The normalized spacial score (nSPS) is 11.3. The molecule has 0 amide bonds. The highest BCUT2D eigenvalue weighted by atomic mass is 35.5. The molecule has 6 aromatic carbocycles. The van der Waals surface area contributed by atoms with Crippen LogP contribution in [0.5, 0.6) is 5.88 Å². The number of aromatic carboxylic acids is 1. The number of carbonyl (C=O) groups excluding carboxylic acids is 2. The van der Waals surface area contributed by atoms with Crippen LogP contribution in [0.1, 0.15) is 64.8 Å². The van der Waals surface area contributed by atoms with Gasteiger partial charge in [0.2, 0.25) is 5.88 Å². The Bertz CT molecular complexity index is 6070. The van der Waals surface area contributed by atoms with Gasteiger partial charge in [-0.05, 0) is 147 Å². The van der Waals surface area contributed by atoms with E-state index in [1.165, 1.54) is 56.5 Å². The number of carbonyl (C=O) groups is 3. The molecule has 24 heteroatoms. The van der Waals surface area contributed by atoms with Gasteiger partial charge in [0.25, 0.3) is 11.1 Å². The molecule has 0 bridgehead atoms. The monoisotopic (exact) mass is 1430 g/mol. The summed E-state index contributed by atoms with van der Waals surface area (Å²) in [5.41, 5.74) is 8.19. The molecule has 0 fully saturated rings. The van der Waals surface area contributed by atoms with Gasteiger partial charge in [-0.15, -0.1) is 0 Å². The van der Waals surface area contributed by atoms with E-state index in [4.69, 9.17) is 49.0 Å². The average Bonchev–Trinajstić information content (AvgIpc) is 1.60. The summed E-state index contributed by atoms with van der Waals surface area (Å²) in [6.45, 7) is 5.22. The van der Waals surface area contributed by atoms with Gasteiger partial charge < -0.3 is 43.0 Å². The van der Waals surface area contributed by atoms with Crippen LogP contribution in [0.2, 0.25) is 15.5 Å². The zero-order chi connectivity index (χ0) is 71.9. The minimum Gasteiger partial charge on any atom is -0.481 e. The van der Waals surface area contributed by atoms with Crippen molar-refractivity contribution < 1.29 is 46.9 Å². The number of carboxylic acids is 1. The molecule has 3 N–H and O–H groups in total. The quantitative estimate of drug-likeness (QED) is 0.0721. The SMILES string of the molecule is COC(=O)c1c(-c2ccc[nH]c2=O)c2cc(C)c(F)cc2n1Cc1cc2ccccc2nc1Cl.COC(=O)c1c(-c2cccnc2OC)c2cc(C)c(F)cc2n1Cc1cc2ccccc2nc1Cl.Cc1cc2c(-c3ccc[nH]c3=O)c(C(=O)O)n(Cc3cc4ccccc4nc3Cl)c2cc1F. The van der Waals surface area contributed by atoms with Gasteiger partial charge in [-0.25, -0.2) is 47.5 Å². The smallest absolute Gasteiger partial charge is 0.355 e. The fourth-order valence-corrected chi connectivity index (χ4v) is 13.4. The number of rotatable bonds is 13. The molecule has 18 nitrogen and oxygen atoms in total. The lowest BCUT2D eigenvalue weighted by Crippen LogP contribution is -2.15. The Morgan fingerprint density at radius 3 is 1.16 bits per heavy atom. The summed E-state index contributed by atoms with van der Waals surface area (Å²) in [5, 5.41) is 15.3. The predicted octanol–water partition coefficient (Wildman–Crippen LogP) is 17.1. The fourth-order valence-electron chi connectivity index (χ4n) is 12.8. The number of hydrogen-bond acceptors (Lipinski definition) is 12. The number of carboxylic acid groups (broad SMARTS) is 1. The van der Waals surface area contributed by atoms with E-state index in [0.717, 1.165) is 27.2 Å². The number of fused-ring (bicyclic) bond motifs is 6. The first-order chi connectivity index (χ1) is 49.2. The summed E-state index contributed by atoms with van der Waals surface area (Å²) in [5.74, 6) is -3.44. The van der Waals surface area contributed by atoms with Crippen LogP contribution in [0.4, 0.5) is 13.2 Å². The molecule has 9 heterocycles. The van der Waals surface area contributed by atoms with Gasteiger partial charge >= 0.3 is 17.9 Å². The lowest BCUT2D eigenvalue weighted by atomic mass is 10.0. The zero-order valence-electron chi connectivity index (χ0n) is 55.1. The summed E-state index contributed by atoms with van der Waals surface area (Å²) in [7, 11) is 4.08. The standard InChI is InChI=1S/C27H21ClFN3O3.C26H19ClFN3O3.C25H17ClFN3O3/c1-15-11-19-22(13-20(15)29)32(14-17-12-16-7-4-5-9-21(16)31-25(17)28)24(27(33)35-3)23(19)18-8-6-10-30-26(18)34-2;1-14-10-18-21(12-19(14)28)31(13-16-11-15-6-3-4-8-20(15)30-24(16)27)23(26(33)34-2)22(18)17-7-5-9-29-25(17)32;1-13-9-17-20(11-18(13)27)30(12-15-10-14-5-2-3-7-19(14)29-23(15)26)22(25(32)33)21(17)16-6-4-8-28-24(16)31/h4-13H,14H2,1-3H3;3-12H,13H2,1-2H3,(H,29,32);2-11H,12H2,1H3,(H,28,31)(H,32,33). The van der Waals surface area contributed by atoms with Crippen molar-refractivity contribution in [3.05, 3.63) is 286 Å². The van der Waals surface area contributed by atoms with Gasteiger partial charge in [-0.3, -0.25) is 9.59 Å². The number of nitrogens with zero attached hydrogens (tertiary/aromatic N) is 7. The van der Waals surface area contributed by atoms with Gasteiger partial charge in [0.05, 0.1) is 74.1 Å². The minimum absolute atomic E-state index is 0.0298. The number of aromatic nitrogens is 9. The molecule has 0 atom stereocenters. The van der Waals surface area contributed by atoms with Crippen molar-refractivity contribution in [2.75, 3.05) is 21.3 Å². The van der Waals surface area contributed by atoms with Crippen molar-refractivity contribution in [2.24, 2.45) is 0 Å². The number of benzene rings is 6. The molecule has 15 rings (SSSR count). The highest BCUT2D eigenvalue weighted by molar-refractivity contribution is 6.31. The van der Waals surface area contributed by atoms with E-state index in [1.807, 2.05) is 91.0 Å². The van der Waals surface area contributed by atoms with Gasteiger partial charge in [0.1, 0.15) is 50.0 Å². The highest BCUT2D eigenvalue weighted by Crippen LogP contribution is 2.43. The third-order valence-electron chi connectivity index (χ3n) is 17.6. The van der Waals surface area contributed by atoms with Gasteiger partial charge in [0.15, 0.2) is 0 Å². The van der Waals surface area contributed by atoms with E-state index in [1.54, 1.807) is 90.7 Å². The average molecular weight is 1430 g/mol. The maximum Gasteiger partial charge on any atom is 0.355 e. The maximum absolute atomic E-state index is 14.8. The lowest BCUT2D eigenvalue weighted by molar-refractivity contribution is 0.0581.